The van der Waals surface area contributed by atoms with E-state index in [-0.39, 0.29) is 11.3 Å². The summed E-state index contributed by atoms with van der Waals surface area (Å²) in [5, 5.41) is 10.0. The van der Waals surface area contributed by atoms with Crippen molar-refractivity contribution >= 4 is 11.8 Å². The van der Waals surface area contributed by atoms with Crippen LogP contribution in [0.2, 0.25) is 0 Å². The highest BCUT2D eigenvalue weighted by molar-refractivity contribution is 6.28. The van der Waals surface area contributed by atoms with Crippen molar-refractivity contribution in [2.45, 2.75) is 0 Å². The van der Waals surface area contributed by atoms with Gasteiger partial charge in [-0.25, -0.2) is 4.79 Å². The Morgan fingerprint density at radius 3 is 1.76 bits per heavy atom. The summed E-state index contributed by atoms with van der Waals surface area (Å²) in [5.74, 6) is -1.18. The van der Waals surface area contributed by atoms with E-state index in [0.29, 0.717) is 16.7 Å². The number of benzene rings is 4. The van der Waals surface area contributed by atoms with Gasteiger partial charge in [0.05, 0.1) is 5.56 Å². The minimum atomic E-state index is -1.05. The van der Waals surface area contributed by atoms with Gasteiger partial charge in [0, 0.05) is 22.3 Å². The number of carboxylic acids is 1. The van der Waals surface area contributed by atoms with Gasteiger partial charge in [-0.2, -0.15) is 0 Å². The number of fused-ring (bicyclic) bond motifs is 3. The minimum Gasteiger partial charge on any atom is -0.478 e. The van der Waals surface area contributed by atoms with Gasteiger partial charge in [0.15, 0.2) is 5.78 Å². The maximum atomic E-state index is 13.4. The Morgan fingerprint density at radius 2 is 1.14 bits per heavy atom. The summed E-state index contributed by atoms with van der Waals surface area (Å²) in [4.78, 5) is 25.7. The summed E-state index contributed by atoms with van der Waals surface area (Å²) in [6, 6.07) is 28.1. The SMILES string of the molecule is O=C(O)c1cc(-c2ccccc2)c2c(c1-c1ccccc1)C(=O)c1ccccc1-2. The molecule has 0 fully saturated rings. The zero-order valence-electron chi connectivity index (χ0n) is 15.4. The summed E-state index contributed by atoms with van der Waals surface area (Å²) >= 11 is 0. The summed E-state index contributed by atoms with van der Waals surface area (Å²) in [5.41, 5.74) is 5.72. The Bertz CT molecular complexity index is 1270. The molecule has 4 aromatic carbocycles. The standard InChI is InChI=1S/C26H16O3/c27-25-19-14-8-7-13-18(19)23-20(16-9-3-1-4-10-16)15-21(26(28)29)22(24(23)25)17-11-5-2-6-12-17/h1-15H,(H,28,29). The molecule has 3 heteroatoms. The molecule has 1 aliphatic rings. The molecule has 1 aliphatic carbocycles. The van der Waals surface area contributed by atoms with E-state index in [9.17, 15) is 14.7 Å². The Morgan fingerprint density at radius 1 is 0.586 bits per heavy atom. The van der Waals surface area contributed by atoms with E-state index in [1.54, 1.807) is 6.07 Å². The number of rotatable bonds is 3. The van der Waals surface area contributed by atoms with E-state index < -0.39 is 5.97 Å². The highest BCUT2D eigenvalue weighted by Crippen LogP contribution is 2.48. The van der Waals surface area contributed by atoms with Crippen LogP contribution in [-0.2, 0) is 0 Å². The average molecular weight is 376 g/mol. The molecule has 0 saturated heterocycles. The highest BCUT2D eigenvalue weighted by Gasteiger charge is 2.34. The lowest BCUT2D eigenvalue weighted by molar-refractivity contribution is 0.0697. The predicted molar refractivity (Wildman–Crippen MR) is 113 cm³/mol. The Balaban J connectivity index is 1.96. The highest BCUT2D eigenvalue weighted by atomic mass is 16.4. The lowest BCUT2D eigenvalue weighted by Crippen LogP contribution is -2.07. The molecular formula is C26H16O3. The topological polar surface area (TPSA) is 54.4 Å². The molecule has 29 heavy (non-hydrogen) atoms. The number of ketones is 1. The fraction of sp³-hybridized carbons (Fsp3) is 0. The Labute approximate surface area is 167 Å². The van der Waals surface area contributed by atoms with E-state index >= 15 is 0 Å². The van der Waals surface area contributed by atoms with Crippen LogP contribution in [0.4, 0.5) is 0 Å². The van der Waals surface area contributed by atoms with Crippen LogP contribution in [0, 0.1) is 0 Å². The number of hydrogen-bond donors (Lipinski definition) is 1. The number of hydrogen-bond acceptors (Lipinski definition) is 2. The van der Waals surface area contributed by atoms with Crippen molar-refractivity contribution in [2.24, 2.45) is 0 Å². The quantitative estimate of drug-likeness (QED) is 0.425. The molecule has 0 aromatic heterocycles. The molecule has 4 aromatic rings. The van der Waals surface area contributed by atoms with Gasteiger partial charge in [-0.1, -0.05) is 84.9 Å². The van der Waals surface area contributed by atoms with Gasteiger partial charge in [0.2, 0.25) is 0 Å². The van der Waals surface area contributed by atoms with Gasteiger partial charge < -0.3 is 5.11 Å². The monoisotopic (exact) mass is 376 g/mol. The number of aromatic carboxylic acids is 1. The third-order valence-electron chi connectivity index (χ3n) is 5.37. The van der Waals surface area contributed by atoms with E-state index in [2.05, 4.69) is 0 Å². The Kier molecular flexibility index (Phi) is 3.88. The van der Waals surface area contributed by atoms with Crippen molar-refractivity contribution in [1.29, 1.82) is 0 Å². The van der Waals surface area contributed by atoms with Crippen molar-refractivity contribution < 1.29 is 14.7 Å². The summed E-state index contributed by atoms with van der Waals surface area (Å²) in [7, 11) is 0. The van der Waals surface area contributed by atoms with Crippen LogP contribution in [0.25, 0.3) is 33.4 Å². The molecular weight excluding hydrogens is 360 g/mol. The molecule has 0 unspecified atom stereocenters. The van der Waals surface area contributed by atoms with Crippen LogP contribution < -0.4 is 0 Å². The normalized spacial score (nSPS) is 11.8. The van der Waals surface area contributed by atoms with Crippen LogP contribution in [-0.4, -0.2) is 16.9 Å². The van der Waals surface area contributed by atoms with Gasteiger partial charge in [0.25, 0.3) is 0 Å². The largest absolute Gasteiger partial charge is 0.478 e. The van der Waals surface area contributed by atoms with E-state index in [1.165, 1.54) is 0 Å². The van der Waals surface area contributed by atoms with Gasteiger partial charge in [-0.05, 0) is 28.3 Å². The molecule has 0 bridgehead atoms. The number of carbonyl (C=O) groups excluding carboxylic acids is 1. The zero-order chi connectivity index (χ0) is 20.0. The van der Waals surface area contributed by atoms with E-state index in [1.807, 2.05) is 84.9 Å². The van der Waals surface area contributed by atoms with Crippen LogP contribution in [0.15, 0.2) is 91.0 Å². The van der Waals surface area contributed by atoms with Gasteiger partial charge in [-0.3, -0.25) is 4.79 Å². The van der Waals surface area contributed by atoms with Gasteiger partial charge in [-0.15, -0.1) is 0 Å². The van der Waals surface area contributed by atoms with Crippen LogP contribution in [0.1, 0.15) is 26.3 Å². The second-order valence-corrected chi connectivity index (χ2v) is 7.01. The summed E-state index contributed by atoms with van der Waals surface area (Å²) in [6.45, 7) is 0. The second-order valence-electron chi connectivity index (χ2n) is 7.01. The molecule has 0 spiro atoms. The third kappa shape index (κ3) is 2.59. The molecule has 3 nitrogen and oxygen atoms in total. The second kappa shape index (κ2) is 6.57. The van der Waals surface area contributed by atoms with Crippen molar-refractivity contribution in [3.05, 3.63) is 108 Å². The predicted octanol–water partition coefficient (Wildman–Crippen LogP) is 5.93. The smallest absolute Gasteiger partial charge is 0.336 e. The maximum absolute atomic E-state index is 13.4. The molecule has 0 aliphatic heterocycles. The molecule has 138 valence electrons. The first-order valence-corrected chi connectivity index (χ1v) is 9.36. The van der Waals surface area contributed by atoms with Crippen molar-refractivity contribution in [3.63, 3.8) is 0 Å². The fourth-order valence-electron chi connectivity index (χ4n) is 4.14. The van der Waals surface area contributed by atoms with Crippen molar-refractivity contribution in [2.75, 3.05) is 0 Å². The van der Waals surface area contributed by atoms with E-state index in [0.717, 1.165) is 27.8 Å². The van der Waals surface area contributed by atoms with Crippen LogP contribution >= 0.6 is 0 Å². The fourth-order valence-corrected chi connectivity index (χ4v) is 4.14. The van der Waals surface area contributed by atoms with Crippen molar-refractivity contribution in [3.8, 4) is 33.4 Å². The van der Waals surface area contributed by atoms with Gasteiger partial charge in [0.1, 0.15) is 0 Å². The molecule has 1 N–H and O–H groups in total. The van der Waals surface area contributed by atoms with Crippen molar-refractivity contribution in [1.82, 2.24) is 0 Å². The summed E-state index contributed by atoms with van der Waals surface area (Å²) < 4.78 is 0. The summed E-state index contributed by atoms with van der Waals surface area (Å²) in [6.07, 6.45) is 0. The number of carbonyl (C=O) groups is 2. The van der Waals surface area contributed by atoms with Crippen LogP contribution in [0.5, 0.6) is 0 Å². The molecule has 0 atom stereocenters. The third-order valence-corrected chi connectivity index (χ3v) is 5.37. The molecule has 0 radical (unpaired) electrons. The van der Waals surface area contributed by atoms with Crippen LogP contribution in [0.3, 0.4) is 0 Å². The average Bonchev–Trinajstić information content (AvgIpc) is 3.07. The molecule has 0 saturated carbocycles. The lowest BCUT2D eigenvalue weighted by atomic mass is 9.85. The minimum absolute atomic E-state index is 0.130. The molecule has 0 heterocycles. The Hall–Kier alpha value is -3.98. The molecule has 0 amide bonds. The molecule has 5 rings (SSSR count). The van der Waals surface area contributed by atoms with E-state index in [4.69, 9.17) is 0 Å². The van der Waals surface area contributed by atoms with Gasteiger partial charge >= 0.3 is 5.97 Å². The maximum Gasteiger partial charge on any atom is 0.336 e. The lowest BCUT2D eigenvalue weighted by Gasteiger charge is -2.17. The number of carboxylic acid groups (broad SMARTS) is 1. The first-order chi connectivity index (χ1) is 14.2. The first kappa shape index (κ1) is 17.1. The first-order valence-electron chi connectivity index (χ1n) is 9.36. The zero-order valence-corrected chi connectivity index (χ0v) is 15.4.